The third kappa shape index (κ3) is 2.57. The van der Waals surface area contributed by atoms with Crippen LogP contribution in [-0.2, 0) is 6.54 Å². The number of hydrogen-bond donors (Lipinski definition) is 3. The number of carboxylic acid groups (broad SMARTS) is 1. The molecule has 4 N–H and O–H groups in total. The van der Waals surface area contributed by atoms with Gasteiger partial charge in [0.1, 0.15) is 11.6 Å². The summed E-state index contributed by atoms with van der Waals surface area (Å²) in [4.78, 5) is 18.9. The maximum Gasteiger partial charge on any atom is 0.337 e. The molecule has 0 aliphatic carbocycles. The van der Waals surface area contributed by atoms with Crippen LogP contribution in [0.5, 0.6) is 0 Å². The Morgan fingerprint density at radius 3 is 2.89 bits per heavy atom. The SMILES string of the molecule is Cc1cnc(CNc2cc(C(=O)O)c(N)cn2)o1. The van der Waals surface area contributed by atoms with Gasteiger partial charge >= 0.3 is 5.97 Å². The topological polar surface area (TPSA) is 114 Å². The van der Waals surface area contributed by atoms with Gasteiger partial charge in [-0.3, -0.25) is 0 Å². The predicted molar refractivity (Wildman–Crippen MR) is 64.2 cm³/mol. The number of pyridine rings is 1. The van der Waals surface area contributed by atoms with E-state index in [1.165, 1.54) is 12.3 Å². The van der Waals surface area contributed by atoms with Crippen LogP contribution in [0.15, 0.2) is 22.9 Å². The third-order valence-electron chi connectivity index (χ3n) is 2.26. The van der Waals surface area contributed by atoms with Crippen LogP contribution in [0.1, 0.15) is 22.0 Å². The highest BCUT2D eigenvalue weighted by atomic mass is 16.4. The minimum absolute atomic E-state index is 0.0103. The summed E-state index contributed by atoms with van der Waals surface area (Å²) in [7, 11) is 0. The van der Waals surface area contributed by atoms with Crippen LogP contribution in [0.4, 0.5) is 11.5 Å². The number of nitrogens with zero attached hydrogens (tertiary/aromatic N) is 2. The number of oxazole rings is 1. The largest absolute Gasteiger partial charge is 0.478 e. The van der Waals surface area contributed by atoms with Crippen molar-refractivity contribution < 1.29 is 14.3 Å². The van der Waals surface area contributed by atoms with Gasteiger partial charge in [-0.25, -0.2) is 14.8 Å². The molecule has 0 aliphatic heterocycles. The Bertz CT molecular complexity index is 579. The summed E-state index contributed by atoms with van der Waals surface area (Å²) in [5.41, 5.74) is 5.63. The van der Waals surface area contributed by atoms with Crippen LogP contribution in [0.25, 0.3) is 0 Å². The van der Waals surface area contributed by atoms with Crippen molar-refractivity contribution in [3.63, 3.8) is 0 Å². The molecule has 2 rings (SSSR count). The van der Waals surface area contributed by atoms with Gasteiger partial charge in [0.2, 0.25) is 5.89 Å². The fourth-order valence-corrected chi connectivity index (χ4v) is 1.40. The Hall–Kier alpha value is -2.57. The molecule has 0 saturated carbocycles. The molecule has 2 aromatic rings. The number of rotatable bonds is 4. The molecule has 18 heavy (non-hydrogen) atoms. The maximum atomic E-state index is 10.9. The zero-order valence-corrected chi connectivity index (χ0v) is 9.67. The average Bonchev–Trinajstić information content (AvgIpc) is 2.74. The molecule has 0 spiro atoms. The molecule has 0 aliphatic rings. The third-order valence-corrected chi connectivity index (χ3v) is 2.26. The second-order valence-electron chi connectivity index (χ2n) is 3.68. The normalized spacial score (nSPS) is 10.3. The smallest absolute Gasteiger partial charge is 0.337 e. The zero-order valence-electron chi connectivity index (χ0n) is 9.67. The van der Waals surface area contributed by atoms with Gasteiger partial charge in [-0.2, -0.15) is 0 Å². The number of nitrogen functional groups attached to an aromatic ring is 1. The summed E-state index contributed by atoms with van der Waals surface area (Å²) in [6, 6.07) is 1.37. The Morgan fingerprint density at radius 2 is 2.28 bits per heavy atom. The van der Waals surface area contributed by atoms with Crippen molar-refractivity contribution in [3.8, 4) is 0 Å². The summed E-state index contributed by atoms with van der Waals surface area (Å²) in [5.74, 6) is 0.522. The molecule has 7 nitrogen and oxygen atoms in total. The first-order chi connectivity index (χ1) is 8.56. The van der Waals surface area contributed by atoms with Crippen LogP contribution < -0.4 is 11.1 Å². The van der Waals surface area contributed by atoms with Crippen molar-refractivity contribution >= 4 is 17.5 Å². The maximum absolute atomic E-state index is 10.9. The van der Waals surface area contributed by atoms with E-state index in [1.54, 1.807) is 13.1 Å². The van der Waals surface area contributed by atoms with E-state index >= 15 is 0 Å². The molecule has 0 unspecified atom stereocenters. The Morgan fingerprint density at radius 1 is 1.50 bits per heavy atom. The van der Waals surface area contributed by atoms with E-state index in [2.05, 4.69) is 15.3 Å². The number of anilines is 2. The number of aromatic carboxylic acids is 1. The van der Waals surface area contributed by atoms with Crippen LogP contribution in [0.3, 0.4) is 0 Å². The van der Waals surface area contributed by atoms with Crippen molar-refractivity contribution in [1.29, 1.82) is 0 Å². The highest BCUT2D eigenvalue weighted by molar-refractivity contribution is 5.94. The number of nitrogens with one attached hydrogen (secondary N) is 1. The van der Waals surface area contributed by atoms with Crippen molar-refractivity contribution in [2.24, 2.45) is 0 Å². The minimum atomic E-state index is -1.09. The molecule has 0 radical (unpaired) electrons. The van der Waals surface area contributed by atoms with Gasteiger partial charge in [0.25, 0.3) is 0 Å². The Labute approximate surface area is 103 Å². The van der Waals surface area contributed by atoms with E-state index < -0.39 is 5.97 Å². The summed E-state index contributed by atoms with van der Waals surface area (Å²) in [6.07, 6.45) is 2.91. The lowest BCUT2D eigenvalue weighted by atomic mass is 10.2. The van der Waals surface area contributed by atoms with Gasteiger partial charge < -0.3 is 20.6 Å². The molecule has 0 atom stereocenters. The second-order valence-corrected chi connectivity index (χ2v) is 3.68. The van der Waals surface area contributed by atoms with Crippen molar-refractivity contribution in [2.75, 3.05) is 11.1 Å². The van der Waals surface area contributed by atoms with Crippen LogP contribution in [-0.4, -0.2) is 21.0 Å². The molecule has 0 amide bonds. The first kappa shape index (κ1) is 11.9. The lowest BCUT2D eigenvalue weighted by Gasteiger charge is -2.05. The lowest BCUT2D eigenvalue weighted by molar-refractivity contribution is 0.0698. The number of carboxylic acids is 1. The summed E-state index contributed by atoms with van der Waals surface area (Å²) in [5, 5.41) is 11.8. The quantitative estimate of drug-likeness (QED) is 0.746. The van der Waals surface area contributed by atoms with Gasteiger partial charge in [0.05, 0.1) is 30.2 Å². The number of nitrogens with two attached hydrogens (primary N) is 1. The molecule has 7 heteroatoms. The molecule has 0 saturated heterocycles. The number of aromatic nitrogens is 2. The summed E-state index contributed by atoms with van der Waals surface area (Å²) >= 11 is 0. The van der Waals surface area contributed by atoms with E-state index in [1.807, 2.05) is 0 Å². The Kier molecular flexibility index (Phi) is 3.13. The Balaban J connectivity index is 2.10. The summed E-state index contributed by atoms with van der Waals surface area (Å²) < 4.78 is 5.26. The number of aryl methyl sites for hydroxylation is 1. The van der Waals surface area contributed by atoms with Gasteiger partial charge in [-0.05, 0) is 13.0 Å². The summed E-state index contributed by atoms with van der Waals surface area (Å²) in [6.45, 7) is 2.12. The molecule has 2 heterocycles. The highest BCUT2D eigenvalue weighted by Gasteiger charge is 2.10. The fraction of sp³-hybridized carbons (Fsp3) is 0.182. The van der Waals surface area contributed by atoms with Gasteiger partial charge in [-0.15, -0.1) is 0 Å². The van der Waals surface area contributed by atoms with Crippen molar-refractivity contribution in [1.82, 2.24) is 9.97 Å². The molecule has 0 aromatic carbocycles. The van der Waals surface area contributed by atoms with E-state index in [0.717, 1.165) is 0 Å². The molecular formula is C11H12N4O3. The minimum Gasteiger partial charge on any atom is -0.478 e. The predicted octanol–water partition coefficient (Wildman–Crippen LogP) is 1.27. The second kappa shape index (κ2) is 4.74. The van der Waals surface area contributed by atoms with Gasteiger partial charge in [0.15, 0.2) is 0 Å². The molecule has 94 valence electrons. The van der Waals surface area contributed by atoms with E-state index in [4.69, 9.17) is 15.3 Å². The lowest BCUT2D eigenvalue weighted by Crippen LogP contribution is -2.07. The number of hydrogen-bond acceptors (Lipinski definition) is 6. The number of carbonyl (C=O) groups is 1. The van der Waals surface area contributed by atoms with Crippen LogP contribution in [0, 0.1) is 6.92 Å². The van der Waals surface area contributed by atoms with Gasteiger partial charge in [0, 0.05) is 0 Å². The van der Waals surface area contributed by atoms with Crippen molar-refractivity contribution in [3.05, 3.63) is 35.7 Å². The molecule has 0 bridgehead atoms. The van der Waals surface area contributed by atoms with Crippen LogP contribution >= 0.6 is 0 Å². The molecular weight excluding hydrogens is 236 g/mol. The molecule has 2 aromatic heterocycles. The van der Waals surface area contributed by atoms with Crippen molar-refractivity contribution in [2.45, 2.75) is 13.5 Å². The fourth-order valence-electron chi connectivity index (χ4n) is 1.40. The van der Waals surface area contributed by atoms with Gasteiger partial charge in [-0.1, -0.05) is 0 Å². The standard InChI is InChI=1S/C11H12N4O3/c1-6-3-15-10(18-6)5-14-9-2-7(11(16)17)8(12)4-13-9/h2-4H,5,12H2,1H3,(H,13,14)(H,16,17). The monoisotopic (exact) mass is 248 g/mol. The molecule has 0 fully saturated rings. The first-order valence-electron chi connectivity index (χ1n) is 5.20. The first-order valence-corrected chi connectivity index (χ1v) is 5.20. The highest BCUT2D eigenvalue weighted by Crippen LogP contribution is 2.15. The van der Waals surface area contributed by atoms with E-state index in [0.29, 0.717) is 24.0 Å². The zero-order chi connectivity index (χ0) is 13.1. The average molecular weight is 248 g/mol. The van der Waals surface area contributed by atoms with E-state index in [-0.39, 0.29) is 11.3 Å². The van der Waals surface area contributed by atoms with E-state index in [9.17, 15) is 4.79 Å². The van der Waals surface area contributed by atoms with Crippen LogP contribution in [0.2, 0.25) is 0 Å².